The first-order valence-corrected chi connectivity index (χ1v) is 10.2. The summed E-state index contributed by atoms with van der Waals surface area (Å²) in [7, 11) is 0. The first-order chi connectivity index (χ1) is 15.5. The third kappa shape index (κ3) is 3.26. The zero-order valence-electron chi connectivity index (χ0n) is 17.0. The Kier molecular flexibility index (Phi) is 4.82. The number of pyridine rings is 2. The van der Waals surface area contributed by atoms with Crippen molar-refractivity contribution in [2.24, 2.45) is 0 Å². The van der Waals surface area contributed by atoms with Crippen LogP contribution in [0.5, 0.6) is 0 Å². The Morgan fingerprint density at radius 3 is 1.25 bits per heavy atom. The minimum absolute atomic E-state index is 0.155. The van der Waals surface area contributed by atoms with E-state index >= 15 is 0 Å². The van der Waals surface area contributed by atoms with Crippen LogP contribution in [0, 0.1) is 0 Å². The number of hydrogen-bond acceptors (Lipinski definition) is 6. The van der Waals surface area contributed by atoms with E-state index in [1.807, 2.05) is 24.3 Å². The monoisotopic (exact) mass is 426 g/mol. The summed E-state index contributed by atoms with van der Waals surface area (Å²) < 4.78 is 2.28. The zero-order chi connectivity index (χ0) is 22.2. The molecule has 0 unspecified atom stereocenters. The summed E-state index contributed by atoms with van der Waals surface area (Å²) in [5.41, 5.74) is -0.320. The summed E-state index contributed by atoms with van der Waals surface area (Å²) in [6.45, 7) is 0.345. The third-order valence-corrected chi connectivity index (χ3v) is 5.70. The van der Waals surface area contributed by atoms with Crippen molar-refractivity contribution in [3.63, 3.8) is 0 Å². The quantitative estimate of drug-likeness (QED) is 0.404. The smallest absolute Gasteiger partial charge is 0.261 e. The number of hydrogen-bond donors (Lipinski definition) is 0. The molecular formula is C24H18N4O4. The van der Waals surface area contributed by atoms with Crippen molar-refractivity contribution in [2.75, 3.05) is 0 Å². The molecule has 0 atom stereocenters. The predicted molar refractivity (Wildman–Crippen MR) is 121 cm³/mol. The van der Waals surface area contributed by atoms with E-state index in [0.29, 0.717) is 12.8 Å². The lowest BCUT2D eigenvalue weighted by Gasteiger charge is -2.00. The molecule has 0 fully saturated rings. The highest BCUT2D eigenvalue weighted by atomic mass is 16.2. The minimum Gasteiger partial charge on any atom is -0.274 e. The minimum atomic E-state index is -0.462. The van der Waals surface area contributed by atoms with Gasteiger partial charge in [-0.2, -0.15) is 0 Å². The second-order valence-corrected chi connectivity index (χ2v) is 7.61. The summed E-state index contributed by atoms with van der Waals surface area (Å²) in [6, 6.07) is 13.7. The molecule has 32 heavy (non-hydrogen) atoms. The van der Waals surface area contributed by atoms with E-state index in [1.165, 1.54) is 12.1 Å². The van der Waals surface area contributed by atoms with Crippen LogP contribution in [0.2, 0.25) is 0 Å². The first kappa shape index (κ1) is 19.7. The van der Waals surface area contributed by atoms with Crippen molar-refractivity contribution in [3.8, 4) is 0 Å². The van der Waals surface area contributed by atoms with Gasteiger partial charge in [-0.3, -0.25) is 38.3 Å². The Hall–Kier alpha value is -4.20. The number of rotatable bonds is 6. The molecule has 0 N–H and O–H groups in total. The van der Waals surface area contributed by atoms with Crippen LogP contribution in [0.1, 0.15) is 11.4 Å². The molecule has 0 saturated heterocycles. The van der Waals surface area contributed by atoms with Crippen LogP contribution in [0.25, 0.3) is 21.5 Å². The Morgan fingerprint density at radius 1 is 0.562 bits per heavy atom. The van der Waals surface area contributed by atoms with Gasteiger partial charge in [0.2, 0.25) is 0 Å². The maximum Gasteiger partial charge on any atom is 0.261 e. The number of fused-ring (bicyclic) bond motifs is 2. The highest BCUT2D eigenvalue weighted by Gasteiger charge is 2.19. The molecule has 0 aliphatic rings. The topological polar surface area (TPSA) is 104 Å². The van der Waals surface area contributed by atoms with E-state index in [1.54, 1.807) is 24.5 Å². The molecule has 8 heteroatoms. The van der Waals surface area contributed by atoms with Gasteiger partial charge in [-0.1, -0.05) is 12.1 Å². The molecule has 0 aliphatic carbocycles. The summed E-state index contributed by atoms with van der Waals surface area (Å²) in [5, 5.41) is 0.620. The van der Waals surface area contributed by atoms with Gasteiger partial charge in [0.05, 0.1) is 21.5 Å². The second kappa shape index (κ2) is 7.81. The maximum absolute atomic E-state index is 12.9. The fraction of sp³-hybridized carbons (Fsp3) is 0.167. The normalized spacial score (nSPS) is 11.5. The number of aromatic nitrogens is 4. The predicted octanol–water partition coefficient (Wildman–Crippen LogP) is 1.19. The van der Waals surface area contributed by atoms with Gasteiger partial charge >= 0.3 is 0 Å². The van der Waals surface area contributed by atoms with Crippen molar-refractivity contribution < 1.29 is 0 Å². The van der Waals surface area contributed by atoms with Gasteiger partial charge in [-0.25, -0.2) is 0 Å². The van der Waals surface area contributed by atoms with Crippen molar-refractivity contribution in [1.29, 1.82) is 0 Å². The zero-order valence-corrected chi connectivity index (χ0v) is 17.0. The molecule has 0 amide bonds. The fourth-order valence-electron chi connectivity index (χ4n) is 4.02. The van der Waals surface area contributed by atoms with Crippen LogP contribution in [-0.2, 0) is 25.9 Å². The van der Waals surface area contributed by atoms with Gasteiger partial charge < -0.3 is 0 Å². The SMILES string of the molecule is O=c1c2cc3c(=O)n(CCc4ccccn4)c(=O)c3cc2c(=O)n1CCc1ccccn1. The van der Waals surface area contributed by atoms with Crippen LogP contribution in [-0.4, -0.2) is 19.1 Å². The molecule has 0 radical (unpaired) electrons. The van der Waals surface area contributed by atoms with Crippen molar-refractivity contribution in [3.05, 3.63) is 114 Å². The lowest BCUT2D eigenvalue weighted by atomic mass is 10.1. The molecule has 4 heterocycles. The Balaban J connectivity index is 1.54. The molecule has 158 valence electrons. The molecule has 0 spiro atoms. The third-order valence-electron chi connectivity index (χ3n) is 5.70. The average Bonchev–Trinajstić information content (AvgIpc) is 3.20. The van der Waals surface area contributed by atoms with Gasteiger partial charge in [0.25, 0.3) is 22.2 Å². The first-order valence-electron chi connectivity index (χ1n) is 10.2. The van der Waals surface area contributed by atoms with Crippen LogP contribution >= 0.6 is 0 Å². The summed E-state index contributed by atoms with van der Waals surface area (Å²) in [6.07, 6.45) is 4.15. The van der Waals surface area contributed by atoms with E-state index in [4.69, 9.17) is 0 Å². The van der Waals surface area contributed by atoms with E-state index < -0.39 is 22.2 Å². The van der Waals surface area contributed by atoms with Crippen LogP contribution in [0.3, 0.4) is 0 Å². The Labute approximate surface area is 180 Å². The summed E-state index contributed by atoms with van der Waals surface area (Å²) in [5.74, 6) is 0. The number of nitrogens with zero attached hydrogens (tertiary/aromatic N) is 4. The fourth-order valence-corrected chi connectivity index (χ4v) is 4.02. The van der Waals surface area contributed by atoms with Crippen molar-refractivity contribution >= 4 is 21.5 Å². The average molecular weight is 426 g/mol. The lowest BCUT2D eigenvalue weighted by Crippen LogP contribution is -2.27. The van der Waals surface area contributed by atoms with Crippen molar-refractivity contribution in [1.82, 2.24) is 19.1 Å². The summed E-state index contributed by atoms with van der Waals surface area (Å²) >= 11 is 0. The van der Waals surface area contributed by atoms with Gasteiger partial charge in [-0.15, -0.1) is 0 Å². The van der Waals surface area contributed by atoms with Gasteiger partial charge in [0.15, 0.2) is 0 Å². The molecule has 8 nitrogen and oxygen atoms in total. The maximum atomic E-state index is 12.9. The van der Waals surface area contributed by atoms with Gasteiger partial charge in [0.1, 0.15) is 0 Å². The van der Waals surface area contributed by atoms with E-state index in [-0.39, 0.29) is 34.6 Å². The summed E-state index contributed by atoms with van der Waals surface area (Å²) in [4.78, 5) is 59.9. The number of aryl methyl sites for hydroxylation is 2. The number of benzene rings is 1. The standard InChI is InChI=1S/C24H18N4O4/c29-21-17-13-19-20(24(32)28(23(19)31)12-8-16-6-2-4-10-26-16)14-18(17)22(30)27(21)11-7-15-5-1-3-9-25-15/h1-6,9-10,13-14H,7-8,11-12H2. The van der Waals surface area contributed by atoms with Crippen LogP contribution in [0.15, 0.2) is 80.1 Å². The molecule has 0 aliphatic heterocycles. The highest BCUT2D eigenvalue weighted by molar-refractivity contribution is 5.97. The molecule has 1 aromatic carbocycles. The Bertz CT molecular complexity index is 1440. The second-order valence-electron chi connectivity index (χ2n) is 7.61. The van der Waals surface area contributed by atoms with E-state index in [9.17, 15) is 19.2 Å². The molecule has 0 bridgehead atoms. The van der Waals surface area contributed by atoms with Crippen LogP contribution < -0.4 is 22.2 Å². The van der Waals surface area contributed by atoms with E-state index in [2.05, 4.69) is 9.97 Å². The Morgan fingerprint density at radius 2 is 0.938 bits per heavy atom. The molecule has 4 aromatic heterocycles. The molecular weight excluding hydrogens is 408 g/mol. The van der Waals surface area contributed by atoms with Gasteiger partial charge in [0, 0.05) is 49.7 Å². The lowest BCUT2D eigenvalue weighted by molar-refractivity contribution is 0.655. The molecule has 5 rings (SSSR count). The van der Waals surface area contributed by atoms with E-state index in [0.717, 1.165) is 20.5 Å². The van der Waals surface area contributed by atoms with Crippen molar-refractivity contribution in [2.45, 2.75) is 25.9 Å². The highest BCUT2D eigenvalue weighted by Crippen LogP contribution is 2.15. The van der Waals surface area contributed by atoms with Crippen LogP contribution in [0.4, 0.5) is 0 Å². The molecule has 5 aromatic rings. The van der Waals surface area contributed by atoms with Gasteiger partial charge in [-0.05, 0) is 36.4 Å². The largest absolute Gasteiger partial charge is 0.274 e. The molecule has 0 saturated carbocycles.